The van der Waals surface area contributed by atoms with Crippen molar-refractivity contribution < 1.29 is 31.4 Å². The van der Waals surface area contributed by atoms with Gasteiger partial charge in [0.1, 0.15) is 5.75 Å². The summed E-state index contributed by atoms with van der Waals surface area (Å²) in [7, 11) is 0.574. The lowest BCUT2D eigenvalue weighted by Gasteiger charge is -2.35. The molecule has 0 amide bonds. The molecular weight excluding hydrogens is 468 g/mol. The molecular formula is C20H24ClF2N3O5S. The summed E-state index contributed by atoms with van der Waals surface area (Å²) in [5, 5.41) is 0. The number of hydrogen-bond acceptors (Lipinski definition) is 7. The summed E-state index contributed by atoms with van der Waals surface area (Å²) < 4.78 is 67.2. The number of anilines is 2. The second-order valence-electron chi connectivity index (χ2n) is 7.06. The Balaban J connectivity index is 1.96. The van der Waals surface area contributed by atoms with E-state index in [0.717, 1.165) is 19.2 Å². The van der Waals surface area contributed by atoms with Crippen LogP contribution >= 0.6 is 11.8 Å². The van der Waals surface area contributed by atoms with Gasteiger partial charge < -0.3 is 24.0 Å². The Morgan fingerprint density at radius 3 is 2.19 bits per heavy atom. The molecule has 0 atom stereocenters. The van der Waals surface area contributed by atoms with E-state index in [2.05, 4.69) is 9.64 Å². The number of hydrogen-bond donors (Lipinski definition) is 0. The van der Waals surface area contributed by atoms with Crippen LogP contribution < -0.4 is 22.9 Å². The number of ether oxygens (including phenoxy) is 3. The van der Waals surface area contributed by atoms with E-state index >= 15 is 0 Å². The molecule has 0 radical (unpaired) electrons. The second-order valence-corrected chi connectivity index (χ2v) is 9.38. The highest BCUT2D eigenvalue weighted by Gasteiger charge is 2.28. The number of sulfonamides is 1. The minimum Gasteiger partial charge on any atom is -0.495 e. The molecule has 0 aliphatic carbocycles. The van der Waals surface area contributed by atoms with Gasteiger partial charge in [-0.1, -0.05) is 0 Å². The van der Waals surface area contributed by atoms with E-state index in [-0.39, 0.29) is 22.1 Å². The lowest BCUT2D eigenvalue weighted by molar-refractivity contribution is -0.0511. The first kappa shape index (κ1) is 24.1. The summed E-state index contributed by atoms with van der Waals surface area (Å²) in [4.78, 5) is 4.14. The number of rotatable bonds is 8. The lowest BCUT2D eigenvalue weighted by Crippen LogP contribution is -2.44. The van der Waals surface area contributed by atoms with E-state index in [0.29, 0.717) is 28.4 Å². The quantitative estimate of drug-likeness (QED) is 0.524. The van der Waals surface area contributed by atoms with Gasteiger partial charge in [-0.05, 0) is 37.4 Å². The van der Waals surface area contributed by atoms with E-state index < -0.39 is 16.6 Å². The van der Waals surface area contributed by atoms with Gasteiger partial charge in [0, 0.05) is 44.0 Å². The summed E-state index contributed by atoms with van der Waals surface area (Å²) in [6.45, 7) is -0.0741. The van der Waals surface area contributed by atoms with Crippen LogP contribution in [0.3, 0.4) is 0 Å². The lowest BCUT2D eigenvalue weighted by atomic mass is 10.2. The summed E-state index contributed by atoms with van der Waals surface area (Å²) in [5.74, 6) is 0.207. The van der Waals surface area contributed by atoms with Crippen LogP contribution in [0.15, 0.2) is 41.3 Å². The predicted molar refractivity (Wildman–Crippen MR) is 118 cm³/mol. The molecule has 2 aromatic carbocycles. The largest absolute Gasteiger partial charge is 0.495 e. The third kappa shape index (κ3) is 5.11. The maximum Gasteiger partial charge on any atom is 0.387 e. The van der Waals surface area contributed by atoms with Crippen LogP contribution in [-0.4, -0.2) is 67.4 Å². The molecule has 1 aliphatic rings. The van der Waals surface area contributed by atoms with Gasteiger partial charge in [-0.3, -0.25) is 0 Å². The molecule has 0 spiro atoms. The van der Waals surface area contributed by atoms with Gasteiger partial charge in [0.2, 0.25) is 0 Å². The molecule has 0 bridgehead atoms. The highest BCUT2D eigenvalue weighted by atomic mass is 35.5. The van der Waals surface area contributed by atoms with Crippen LogP contribution in [0, 0.1) is 0 Å². The van der Waals surface area contributed by atoms with E-state index in [1.165, 1.54) is 38.5 Å². The summed E-state index contributed by atoms with van der Waals surface area (Å²) in [5.41, 5.74) is 0.545. The first-order valence-corrected chi connectivity index (χ1v) is 11.4. The second kappa shape index (κ2) is 9.97. The molecule has 1 saturated heterocycles. The van der Waals surface area contributed by atoms with Crippen molar-refractivity contribution in [3.8, 4) is 17.2 Å². The predicted octanol–water partition coefficient (Wildman–Crippen LogP) is 3.41. The molecule has 2 aromatic rings. The molecule has 12 heteroatoms. The number of benzene rings is 2. The number of halogens is 3. The van der Waals surface area contributed by atoms with Crippen LogP contribution in [0.2, 0.25) is 0 Å². The van der Waals surface area contributed by atoms with Gasteiger partial charge in [0.15, 0.2) is 11.5 Å². The van der Waals surface area contributed by atoms with Crippen molar-refractivity contribution in [1.82, 2.24) is 4.90 Å². The number of likely N-dealkylation sites (N-methyl/N-ethyl adjacent to an activating group) is 1. The fraction of sp³-hybridized carbons (Fsp3) is 0.400. The zero-order valence-electron chi connectivity index (χ0n) is 17.8. The molecule has 1 aliphatic heterocycles. The van der Waals surface area contributed by atoms with Gasteiger partial charge in [-0.25, -0.2) is 0 Å². The smallest absolute Gasteiger partial charge is 0.387 e. The first-order valence-electron chi connectivity index (χ1n) is 9.63. The first-order chi connectivity index (χ1) is 15.2. The highest BCUT2D eigenvalue weighted by molar-refractivity contribution is 7.94. The zero-order chi connectivity index (χ0) is 23.5. The van der Waals surface area contributed by atoms with Gasteiger partial charge in [-0.2, -0.15) is 21.0 Å². The van der Waals surface area contributed by atoms with Gasteiger partial charge in [0.05, 0.1) is 30.5 Å². The fourth-order valence-electron chi connectivity index (χ4n) is 3.32. The number of alkyl halides is 2. The summed E-state index contributed by atoms with van der Waals surface area (Å²) in [6.07, 6.45) is 0. The van der Waals surface area contributed by atoms with Crippen LogP contribution in [-0.2, 0) is 10.0 Å². The van der Waals surface area contributed by atoms with Crippen molar-refractivity contribution in [2.24, 2.45) is 0 Å². The highest BCUT2D eigenvalue weighted by Crippen LogP contribution is 2.37. The van der Waals surface area contributed by atoms with Gasteiger partial charge in [-0.15, -0.1) is 0 Å². The standard InChI is InChI=1S/C20H24ClF2N3O5S/c1-24-8-10-25(11-9-24)16-13-15(5-7-17(16)29-2)32(27,28)26(21)14-4-6-18(30-3)19(12-14)31-20(22)23/h4-7,12-13,20H,8-11H2,1-3H3. The monoisotopic (exact) mass is 491 g/mol. The van der Waals surface area contributed by atoms with E-state index in [4.69, 9.17) is 21.3 Å². The fourth-order valence-corrected chi connectivity index (χ4v) is 4.74. The molecule has 3 rings (SSSR count). The summed E-state index contributed by atoms with van der Waals surface area (Å²) >= 11 is 6.18. The minimum absolute atomic E-state index is 0.0123. The average Bonchev–Trinajstić information content (AvgIpc) is 2.78. The van der Waals surface area contributed by atoms with E-state index in [9.17, 15) is 17.2 Å². The Kier molecular flexibility index (Phi) is 7.52. The van der Waals surface area contributed by atoms with Crippen molar-refractivity contribution in [3.05, 3.63) is 36.4 Å². The molecule has 176 valence electrons. The number of methoxy groups -OCH3 is 2. The Bertz CT molecular complexity index is 1050. The molecule has 0 aromatic heterocycles. The molecule has 1 heterocycles. The SMILES string of the molecule is COc1ccc(N(Cl)S(=O)(=O)c2ccc(OC)c(N3CCN(C)CC3)c2)cc1OC(F)F. The van der Waals surface area contributed by atoms with Crippen molar-refractivity contribution in [2.45, 2.75) is 11.5 Å². The van der Waals surface area contributed by atoms with E-state index in [1.54, 1.807) is 6.07 Å². The molecule has 1 fully saturated rings. The van der Waals surface area contributed by atoms with Crippen molar-refractivity contribution >= 4 is 33.2 Å². The van der Waals surface area contributed by atoms with Crippen molar-refractivity contribution in [1.29, 1.82) is 0 Å². The number of piperazine rings is 1. The van der Waals surface area contributed by atoms with E-state index in [1.807, 2.05) is 11.9 Å². The Hall–Kier alpha value is -2.50. The van der Waals surface area contributed by atoms with Gasteiger partial charge in [0.25, 0.3) is 10.0 Å². The molecule has 0 unspecified atom stereocenters. The zero-order valence-corrected chi connectivity index (χ0v) is 19.4. The molecule has 0 saturated carbocycles. The Morgan fingerprint density at radius 1 is 0.969 bits per heavy atom. The average molecular weight is 492 g/mol. The number of nitrogens with zero attached hydrogens (tertiary/aromatic N) is 3. The van der Waals surface area contributed by atoms with Crippen LogP contribution in [0.25, 0.3) is 0 Å². The summed E-state index contributed by atoms with van der Waals surface area (Å²) in [6, 6.07) is 8.12. The molecule has 32 heavy (non-hydrogen) atoms. The molecule has 0 N–H and O–H groups in total. The van der Waals surface area contributed by atoms with Gasteiger partial charge >= 0.3 is 6.61 Å². The van der Waals surface area contributed by atoms with Crippen molar-refractivity contribution in [3.63, 3.8) is 0 Å². The topological polar surface area (TPSA) is 71.6 Å². The van der Waals surface area contributed by atoms with Crippen LogP contribution in [0.4, 0.5) is 20.2 Å². The molecule has 8 nitrogen and oxygen atoms in total. The Labute approximate surface area is 191 Å². The third-order valence-corrected chi connectivity index (χ3v) is 7.29. The normalized spacial score (nSPS) is 15.0. The maximum atomic E-state index is 13.2. The van der Waals surface area contributed by atoms with Crippen molar-refractivity contribution in [2.75, 3.05) is 56.2 Å². The minimum atomic E-state index is -4.23. The Morgan fingerprint density at radius 2 is 1.59 bits per heavy atom. The third-order valence-electron chi connectivity index (χ3n) is 5.07. The van der Waals surface area contributed by atoms with Crippen LogP contribution in [0.1, 0.15) is 0 Å². The van der Waals surface area contributed by atoms with Crippen LogP contribution in [0.5, 0.6) is 17.2 Å². The maximum absolute atomic E-state index is 13.2.